The van der Waals surface area contributed by atoms with E-state index in [2.05, 4.69) is 35.6 Å². The molecule has 5 aliphatic rings. The number of piperidine rings is 1. The number of hydrogen-bond donors (Lipinski definition) is 2. The molecular weight excluding hydrogens is 320 g/mol. The normalized spacial score (nSPS) is 41.2. The maximum atomic E-state index is 13.2. The molecule has 0 unspecified atom stereocenters. The van der Waals surface area contributed by atoms with Crippen molar-refractivity contribution in [1.29, 1.82) is 0 Å². The van der Waals surface area contributed by atoms with Crippen LogP contribution in [-0.4, -0.2) is 25.0 Å². The van der Waals surface area contributed by atoms with Crippen molar-refractivity contribution in [3.63, 3.8) is 0 Å². The Morgan fingerprint density at radius 3 is 2.12 bits per heavy atom. The van der Waals surface area contributed by atoms with Crippen LogP contribution in [0.1, 0.15) is 56.9 Å². The third-order valence-corrected chi connectivity index (χ3v) is 7.84. The summed E-state index contributed by atoms with van der Waals surface area (Å²) in [5.41, 5.74) is 1.45. The molecule has 1 heterocycles. The fraction of sp³-hybridized carbons (Fsp3) is 0.696. The highest BCUT2D eigenvalue weighted by atomic mass is 16.2. The van der Waals surface area contributed by atoms with Crippen molar-refractivity contribution in [2.24, 2.45) is 23.2 Å². The Morgan fingerprint density at radius 2 is 1.54 bits per heavy atom. The van der Waals surface area contributed by atoms with Crippen LogP contribution in [-0.2, 0) is 11.3 Å². The third kappa shape index (κ3) is 3.19. The van der Waals surface area contributed by atoms with Crippen LogP contribution in [0.2, 0.25) is 0 Å². The molecule has 1 aromatic carbocycles. The highest BCUT2D eigenvalue weighted by molar-refractivity contribution is 5.83. The number of carbonyl (C=O) groups is 1. The summed E-state index contributed by atoms with van der Waals surface area (Å²) in [6.45, 7) is 3.48. The van der Waals surface area contributed by atoms with Gasteiger partial charge in [0.15, 0.2) is 0 Å². The lowest BCUT2D eigenvalue weighted by atomic mass is 9.49. The van der Waals surface area contributed by atoms with E-state index >= 15 is 0 Å². The van der Waals surface area contributed by atoms with Crippen LogP contribution in [0.3, 0.4) is 0 Å². The molecule has 1 aliphatic heterocycles. The molecule has 3 nitrogen and oxygen atoms in total. The largest absolute Gasteiger partial charge is 0.352 e. The number of hydrogen-bond acceptors (Lipinski definition) is 1. The maximum Gasteiger partial charge on any atom is 0.226 e. The monoisotopic (exact) mass is 353 g/mol. The molecule has 0 spiro atoms. The van der Waals surface area contributed by atoms with Crippen LogP contribution in [0, 0.1) is 23.2 Å². The molecule has 0 radical (unpaired) electrons. The number of quaternary nitrogens is 1. The standard InChI is InChI=1S/C23H32N2O/c26-22(23-13-18-10-19(14-23)12-20(11-18)15-23)24-21-6-8-25(9-7-21)16-17-4-2-1-3-5-17/h1-5,18-21H,6-16H2,(H,24,26)/p+1. The first kappa shape index (κ1) is 16.8. The van der Waals surface area contributed by atoms with Crippen LogP contribution >= 0.6 is 0 Å². The second-order valence-corrected chi connectivity index (χ2v) is 9.86. The number of rotatable bonds is 4. The zero-order valence-corrected chi connectivity index (χ0v) is 15.9. The minimum Gasteiger partial charge on any atom is -0.352 e. The molecule has 4 aliphatic carbocycles. The van der Waals surface area contributed by atoms with E-state index in [1.165, 1.54) is 57.2 Å². The fourth-order valence-corrected chi connectivity index (χ4v) is 6.96. The molecule has 0 aromatic heterocycles. The molecule has 0 atom stereocenters. The Morgan fingerprint density at radius 1 is 0.962 bits per heavy atom. The Bertz CT molecular complexity index is 612. The number of likely N-dealkylation sites (tertiary alicyclic amines) is 1. The van der Waals surface area contributed by atoms with Gasteiger partial charge in [-0.1, -0.05) is 30.3 Å². The molecule has 5 fully saturated rings. The predicted octanol–water partition coefficient (Wildman–Crippen LogP) is 2.57. The summed E-state index contributed by atoms with van der Waals surface area (Å²) in [5, 5.41) is 3.51. The first-order valence-electron chi connectivity index (χ1n) is 10.9. The maximum absolute atomic E-state index is 13.2. The lowest BCUT2D eigenvalue weighted by Crippen LogP contribution is -3.12. The molecule has 3 heteroatoms. The minimum absolute atomic E-state index is 0.0166. The molecule has 1 amide bonds. The molecule has 2 N–H and O–H groups in total. The fourth-order valence-electron chi connectivity index (χ4n) is 6.96. The van der Waals surface area contributed by atoms with Gasteiger partial charge in [0.2, 0.25) is 5.91 Å². The summed E-state index contributed by atoms with van der Waals surface area (Å²) in [7, 11) is 0. The smallest absolute Gasteiger partial charge is 0.226 e. The van der Waals surface area contributed by atoms with Gasteiger partial charge in [-0.15, -0.1) is 0 Å². The van der Waals surface area contributed by atoms with E-state index in [-0.39, 0.29) is 5.41 Å². The van der Waals surface area contributed by atoms with Gasteiger partial charge in [0.25, 0.3) is 0 Å². The number of amides is 1. The summed E-state index contributed by atoms with van der Waals surface area (Å²) < 4.78 is 0. The Hall–Kier alpha value is -1.35. The van der Waals surface area contributed by atoms with Crippen molar-refractivity contribution in [2.45, 2.75) is 64.0 Å². The lowest BCUT2D eigenvalue weighted by molar-refractivity contribution is -0.918. The van der Waals surface area contributed by atoms with Gasteiger partial charge in [-0.05, 0) is 56.3 Å². The average molecular weight is 354 g/mol. The summed E-state index contributed by atoms with van der Waals surface area (Å²) in [5.74, 6) is 2.98. The predicted molar refractivity (Wildman–Crippen MR) is 103 cm³/mol. The van der Waals surface area contributed by atoms with E-state index in [1.54, 1.807) is 4.90 Å². The molecule has 140 valence electrons. The molecule has 4 saturated carbocycles. The topological polar surface area (TPSA) is 33.5 Å². The van der Waals surface area contributed by atoms with Crippen molar-refractivity contribution < 1.29 is 9.69 Å². The van der Waals surface area contributed by atoms with Crippen molar-refractivity contribution in [3.8, 4) is 0 Å². The van der Waals surface area contributed by atoms with Crippen LogP contribution < -0.4 is 10.2 Å². The zero-order chi connectivity index (χ0) is 17.6. The summed E-state index contributed by atoms with van der Waals surface area (Å²) in [6.07, 6.45) is 10.1. The molecule has 6 rings (SSSR count). The van der Waals surface area contributed by atoms with Crippen molar-refractivity contribution in [1.82, 2.24) is 5.32 Å². The van der Waals surface area contributed by atoms with Crippen LogP contribution in [0.15, 0.2) is 30.3 Å². The van der Waals surface area contributed by atoms with Gasteiger partial charge in [0, 0.05) is 29.9 Å². The van der Waals surface area contributed by atoms with Crippen molar-refractivity contribution >= 4 is 5.91 Å². The first-order chi connectivity index (χ1) is 12.7. The van der Waals surface area contributed by atoms with Gasteiger partial charge in [-0.2, -0.15) is 0 Å². The Labute approximate surface area is 157 Å². The number of nitrogens with one attached hydrogen (secondary N) is 2. The van der Waals surface area contributed by atoms with E-state index in [4.69, 9.17) is 0 Å². The highest BCUT2D eigenvalue weighted by Crippen LogP contribution is 2.60. The van der Waals surface area contributed by atoms with Gasteiger partial charge < -0.3 is 10.2 Å². The van der Waals surface area contributed by atoms with Crippen LogP contribution in [0.5, 0.6) is 0 Å². The van der Waals surface area contributed by atoms with Crippen LogP contribution in [0.4, 0.5) is 0 Å². The van der Waals surface area contributed by atoms with Gasteiger partial charge in [-0.25, -0.2) is 0 Å². The van der Waals surface area contributed by atoms with E-state index in [1.807, 2.05) is 0 Å². The van der Waals surface area contributed by atoms with Gasteiger partial charge in [0.1, 0.15) is 6.54 Å². The third-order valence-electron chi connectivity index (χ3n) is 7.84. The second-order valence-electron chi connectivity index (χ2n) is 9.86. The summed E-state index contributed by atoms with van der Waals surface area (Å²) >= 11 is 0. The molecular formula is C23H33N2O+. The average Bonchev–Trinajstić information content (AvgIpc) is 2.63. The molecule has 1 saturated heterocycles. The molecule has 26 heavy (non-hydrogen) atoms. The summed E-state index contributed by atoms with van der Waals surface area (Å²) in [4.78, 5) is 14.9. The minimum atomic E-state index is 0.0166. The van der Waals surface area contributed by atoms with Gasteiger partial charge >= 0.3 is 0 Å². The highest BCUT2D eigenvalue weighted by Gasteiger charge is 2.54. The van der Waals surface area contributed by atoms with E-state index in [0.29, 0.717) is 11.9 Å². The van der Waals surface area contributed by atoms with E-state index < -0.39 is 0 Å². The van der Waals surface area contributed by atoms with Crippen molar-refractivity contribution in [2.75, 3.05) is 13.1 Å². The number of benzene rings is 1. The van der Waals surface area contributed by atoms with Crippen molar-refractivity contribution in [3.05, 3.63) is 35.9 Å². The Balaban J connectivity index is 1.15. The molecule has 4 bridgehead atoms. The van der Waals surface area contributed by atoms with Gasteiger partial charge in [-0.3, -0.25) is 4.79 Å². The van der Waals surface area contributed by atoms with Crippen LogP contribution in [0.25, 0.3) is 0 Å². The first-order valence-corrected chi connectivity index (χ1v) is 10.9. The van der Waals surface area contributed by atoms with E-state index in [9.17, 15) is 4.79 Å². The summed E-state index contributed by atoms with van der Waals surface area (Å²) in [6, 6.07) is 11.2. The Kier molecular flexibility index (Phi) is 4.31. The zero-order valence-electron chi connectivity index (χ0n) is 15.9. The van der Waals surface area contributed by atoms with Gasteiger partial charge in [0.05, 0.1) is 13.1 Å². The SMILES string of the molecule is O=C(NC1CC[NH+](Cc2ccccc2)CC1)C12CC3CC(CC(C3)C1)C2. The lowest BCUT2D eigenvalue weighted by Gasteiger charge is -2.56. The molecule has 1 aromatic rings. The number of carbonyl (C=O) groups excluding carboxylic acids is 1. The van der Waals surface area contributed by atoms with E-state index in [0.717, 1.165) is 37.1 Å². The quantitative estimate of drug-likeness (QED) is 0.857. The second kappa shape index (κ2) is 6.67.